The molecule has 1 aromatic carbocycles. The summed E-state index contributed by atoms with van der Waals surface area (Å²) < 4.78 is 67.3. The smallest absolute Gasteiger partial charge is 0.194 e. The van der Waals surface area contributed by atoms with E-state index in [-0.39, 0.29) is 17.9 Å². The lowest BCUT2D eigenvalue weighted by Gasteiger charge is -2.43. The second-order valence-electron chi connectivity index (χ2n) is 7.53. The van der Waals surface area contributed by atoms with Gasteiger partial charge in [-0.25, -0.2) is 22.2 Å². The van der Waals surface area contributed by atoms with Crippen LogP contribution in [0.25, 0.3) is 11.3 Å². The van der Waals surface area contributed by atoms with Crippen LogP contribution in [-0.4, -0.2) is 73.8 Å². The summed E-state index contributed by atoms with van der Waals surface area (Å²) in [6.07, 6.45) is 1.04. The van der Waals surface area contributed by atoms with E-state index < -0.39 is 60.5 Å². The fourth-order valence-electron chi connectivity index (χ4n) is 3.67. The number of hydrogen-bond acceptors (Lipinski definition) is 8. The first-order valence-corrected chi connectivity index (χ1v) is 12.0. The Morgan fingerprint density at radius 1 is 1.17 bits per heavy atom. The average molecular weight is 579 g/mol. The van der Waals surface area contributed by atoms with E-state index in [0.717, 1.165) is 12.1 Å². The summed E-state index contributed by atoms with van der Waals surface area (Å²) in [6, 6.07) is 2.27. The fraction of sp³-hybridized carbons (Fsp3) is 0.381. The monoisotopic (exact) mass is 578 g/mol. The van der Waals surface area contributed by atoms with Crippen LogP contribution in [0.2, 0.25) is 0 Å². The first kappa shape index (κ1) is 26.0. The Balaban J connectivity index is 1.70. The van der Waals surface area contributed by atoms with Gasteiger partial charge in [-0.3, -0.25) is 4.98 Å². The van der Waals surface area contributed by atoms with Gasteiger partial charge in [-0.15, -0.1) is 5.10 Å². The Kier molecular flexibility index (Phi) is 8.39. The van der Waals surface area contributed by atoms with Gasteiger partial charge in [0.2, 0.25) is 0 Å². The summed E-state index contributed by atoms with van der Waals surface area (Å²) >= 11 is 4.51. The Morgan fingerprint density at radius 3 is 2.57 bits per heavy atom. The molecule has 0 spiro atoms. The van der Waals surface area contributed by atoms with Crippen LogP contribution >= 0.6 is 27.7 Å². The molecule has 3 heterocycles. The predicted molar refractivity (Wildman–Crippen MR) is 120 cm³/mol. The van der Waals surface area contributed by atoms with Crippen LogP contribution in [0.15, 0.2) is 46.2 Å². The summed E-state index contributed by atoms with van der Waals surface area (Å²) in [5, 5.41) is 28.6. The molecule has 0 radical (unpaired) electrons. The minimum absolute atomic E-state index is 0.00771. The van der Waals surface area contributed by atoms with Crippen LogP contribution in [0.3, 0.4) is 0 Å². The van der Waals surface area contributed by atoms with Crippen LogP contribution in [0.5, 0.6) is 0 Å². The number of hydrogen-bond donors (Lipinski definition) is 2. The summed E-state index contributed by atoms with van der Waals surface area (Å²) in [7, 11) is 0. The molecule has 1 aliphatic heterocycles. The zero-order valence-electron chi connectivity index (χ0n) is 17.8. The first-order valence-electron chi connectivity index (χ1n) is 10.3. The normalized spacial score (nSPS) is 24.6. The third kappa shape index (κ3) is 5.67. The standard InChI is InChI=1S/C21H19BrF4N4O4S/c22-11-5-12(7-27-6-11)35-21-20(33-2-1-23)18(19(32)16(9-31)34-21)30-8-15(28-29-30)10-3-13(24)17(26)14(25)4-10/h3-8,16,18-21,31-32H,1-2,9H2. The number of thioether (sulfide) groups is 1. The molecule has 1 saturated heterocycles. The molecule has 5 unspecified atom stereocenters. The molecule has 3 aromatic rings. The highest BCUT2D eigenvalue weighted by Crippen LogP contribution is 2.40. The molecular weight excluding hydrogens is 560 g/mol. The number of aliphatic hydroxyl groups excluding tert-OH is 2. The zero-order chi connectivity index (χ0) is 25.1. The molecule has 5 atom stereocenters. The van der Waals surface area contributed by atoms with Crippen LogP contribution in [0.4, 0.5) is 17.6 Å². The first-order chi connectivity index (χ1) is 16.8. The lowest BCUT2D eigenvalue weighted by atomic mass is 9.97. The molecule has 0 saturated carbocycles. The Morgan fingerprint density at radius 2 is 1.91 bits per heavy atom. The van der Waals surface area contributed by atoms with Gasteiger partial charge in [0.15, 0.2) is 17.5 Å². The molecule has 4 rings (SSSR count). The molecule has 188 valence electrons. The van der Waals surface area contributed by atoms with Crippen molar-refractivity contribution in [3.8, 4) is 11.3 Å². The highest BCUT2D eigenvalue weighted by Gasteiger charge is 2.48. The van der Waals surface area contributed by atoms with Crippen molar-refractivity contribution in [3.63, 3.8) is 0 Å². The lowest BCUT2D eigenvalue weighted by Crippen LogP contribution is -2.56. The van der Waals surface area contributed by atoms with Gasteiger partial charge in [0.05, 0.1) is 19.4 Å². The third-order valence-electron chi connectivity index (χ3n) is 5.24. The van der Waals surface area contributed by atoms with E-state index in [4.69, 9.17) is 9.47 Å². The van der Waals surface area contributed by atoms with Gasteiger partial charge in [-0.05, 0) is 34.1 Å². The van der Waals surface area contributed by atoms with Crippen LogP contribution in [-0.2, 0) is 9.47 Å². The summed E-state index contributed by atoms with van der Waals surface area (Å²) in [5.41, 5.74) is -0.927. The second kappa shape index (κ2) is 11.3. The van der Waals surface area contributed by atoms with Crippen molar-refractivity contribution in [1.82, 2.24) is 20.0 Å². The summed E-state index contributed by atoms with van der Waals surface area (Å²) in [4.78, 5) is 4.76. The van der Waals surface area contributed by atoms with E-state index in [1.165, 1.54) is 22.6 Å². The van der Waals surface area contributed by atoms with Gasteiger partial charge in [0, 0.05) is 27.3 Å². The molecule has 14 heteroatoms. The van der Waals surface area contributed by atoms with Gasteiger partial charge < -0.3 is 19.7 Å². The summed E-state index contributed by atoms with van der Waals surface area (Å²) in [5.74, 6) is -4.41. The molecule has 8 nitrogen and oxygen atoms in total. The minimum Gasteiger partial charge on any atom is -0.394 e. The lowest BCUT2D eigenvalue weighted by molar-refractivity contribution is -0.193. The van der Waals surface area contributed by atoms with E-state index in [1.54, 1.807) is 18.5 Å². The highest BCUT2D eigenvalue weighted by molar-refractivity contribution is 9.10. The Hall–Kier alpha value is -2.10. The number of benzene rings is 1. The van der Waals surface area contributed by atoms with E-state index in [2.05, 4.69) is 31.2 Å². The molecule has 2 aromatic heterocycles. The SMILES string of the molecule is OCC1OC(Sc2cncc(Br)c2)C(OCCF)C(n2cc(-c3cc(F)c(F)c(F)c3)nn2)C1O. The van der Waals surface area contributed by atoms with Crippen molar-refractivity contribution in [2.24, 2.45) is 0 Å². The van der Waals surface area contributed by atoms with E-state index in [0.29, 0.717) is 9.37 Å². The third-order valence-corrected chi connectivity index (χ3v) is 6.78. The highest BCUT2D eigenvalue weighted by atomic mass is 79.9. The van der Waals surface area contributed by atoms with Gasteiger partial charge in [0.25, 0.3) is 0 Å². The largest absolute Gasteiger partial charge is 0.394 e. The number of alkyl halides is 1. The number of aromatic nitrogens is 4. The molecule has 35 heavy (non-hydrogen) atoms. The van der Waals surface area contributed by atoms with Crippen LogP contribution < -0.4 is 0 Å². The van der Waals surface area contributed by atoms with Crippen molar-refractivity contribution >= 4 is 27.7 Å². The number of nitrogens with zero attached hydrogens (tertiary/aromatic N) is 4. The van der Waals surface area contributed by atoms with Crippen molar-refractivity contribution in [3.05, 3.63) is 58.7 Å². The second-order valence-corrected chi connectivity index (χ2v) is 9.61. The van der Waals surface area contributed by atoms with Crippen molar-refractivity contribution in [2.45, 2.75) is 34.7 Å². The number of pyridine rings is 1. The van der Waals surface area contributed by atoms with Gasteiger partial charge >= 0.3 is 0 Å². The maximum atomic E-state index is 13.7. The van der Waals surface area contributed by atoms with Crippen molar-refractivity contribution in [2.75, 3.05) is 19.9 Å². The van der Waals surface area contributed by atoms with Crippen molar-refractivity contribution in [1.29, 1.82) is 0 Å². The molecule has 1 aliphatic rings. The molecule has 0 bridgehead atoms. The summed E-state index contributed by atoms with van der Waals surface area (Å²) in [6.45, 7) is -1.67. The van der Waals surface area contributed by atoms with Gasteiger partial charge in [0.1, 0.15) is 42.2 Å². The van der Waals surface area contributed by atoms with Crippen molar-refractivity contribution < 1.29 is 37.2 Å². The topological polar surface area (TPSA) is 103 Å². The van der Waals surface area contributed by atoms with E-state index in [9.17, 15) is 27.8 Å². The number of rotatable bonds is 8. The molecule has 0 amide bonds. The predicted octanol–water partition coefficient (Wildman–Crippen LogP) is 3.29. The Labute approximate surface area is 209 Å². The maximum absolute atomic E-state index is 13.7. The number of aliphatic hydroxyl groups is 2. The van der Waals surface area contributed by atoms with Crippen LogP contribution in [0, 0.1) is 17.5 Å². The zero-order valence-corrected chi connectivity index (χ0v) is 20.2. The minimum atomic E-state index is -1.62. The molecule has 0 aliphatic carbocycles. The molecule has 1 fully saturated rings. The number of halogens is 5. The van der Waals surface area contributed by atoms with Gasteiger partial charge in [-0.2, -0.15) is 0 Å². The van der Waals surface area contributed by atoms with E-state index >= 15 is 0 Å². The Bertz CT molecular complexity index is 1150. The average Bonchev–Trinajstić information content (AvgIpc) is 3.32. The van der Waals surface area contributed by atoms with Gasteiger partial charge in [-0.1, -0.05) is 17.0 Å². The molecular formula is C21H19BrF4N4O4S. The fourth-order valence-corrected chi connectivity index (χ4v) is 5.34. The maximum Gasteiger partial charge on any atom is 0.194 e. The molecule has 2 N–H and O–H groups in total. The quantitative estimate of drug-likeness (QED) is 0.310. The van der Waals surface area contributed by atoms with Crippen LogP contribution in [0.1, 0.15) is 6.04 Å². The van der Waals surface area contributed by atoms with E-state index in [1.807, 2.05) is 0 Å². The number of ether oxygens (including phenoxy) is 2.